The lowest BCUT2D eigenvalue weighted by molar-refractivity contribution is -0.320. The molecule has 0 aromatic rings. The van der Waals surface area contributed by atoms with E-state index in [2.05, 4.69) is 0 Å². The molecule has 0 heterocycles. The second-order valence-corrected chi connectivity index (χ2v) is 2.40. The molecule has 0 saturated carbocycles. The van der Waals surface area contributed by atoms with Crippen molar-refractivity contribution in [1.29, 1.82) is 0 Å². The van der Waals surface area contributed by atoms with Crippen LogP contribution in [0.2, 0.25) is 0 Å². The van der Waals surface area contributed by atoms with Crippen molar-refractivity contribution < 1.29 is 24.9 Å². The van der Waals surface area contributed by atoms with E-state index in [0.717, 1.165) is 13.8 Å². The first kappa shape index (κ1) is 10.1. The Morgan fingerprint density at radius 3 is 2.00 bits per heavy atom. The van der Waals surface area contributed by atoms with E-state index < -0.39 is 23.5 Å². The Balaban J connectivity index is 4.56. The predicted octanol–water partition coefficient (Wildman–Crippen LogP) is -2.56. The van der Waals surface area contributed by atoms with Crippen LogP contribution < -0.4 is 5.11 Å². The number of ketones is 1. The fourth-order valence-electron chi connectivity index (χ4n) is 0.507. The summed E-state index contributed by atoms with van der Waals surface area (Å²) in [4.78, 5) is 20.8. The van der Waals surface area contributed by atoms with Crippen LogP contribution in [0, 0.1) is 0 Å². The third-order valence-electron chi connectivity index (χ3n) is 1.26. The summed E-state index contributed by atoms with van der Waals surface area (Å²) in [6.07, 6.45) is -1.51. The smallest absolute Gasteiger partial charge is 0.197 e. The number of carboxylic acids is 1. The van der Waals surface area contributed by atoms with Crippen LogP contribution in [0.15, 0.2) is 0 Å². The molecule has 0 aliphatic carbocycles. The van der Waals surface area contributed by atoms with Gasteiger partial charge in [-0.25, -0.2) is 0 Å². The highest BCUT2D eigenvalue weighted by Gasteiger charge is 2.34. The molecular weight excluding hydrogens is 152 g/mol. The average molecular weight is 161 g/mol. The lowest BCUT2D eigenvalue weighted by Crippen LogP contribution is -2.54. The van der Waals surface area contributed by atoms with Crippen molar-refractivity contribution in [3.63, 3.8) is 0 Å². The van der Waals surface area contributed by atoms with Gasteiger partial charge in [0.25, 0.3) is 0 Å². The van der Waals surface area contributed by atoms with Gasteiger partial charge in [0.15, 0.2) is 11.4 Å². The SMILES string of the molecule is CC(O)C(=O)C(C)(O)C(=O)[O-]. The molecular formula is C6H9O5-. The van der Waals surface area contributed by atoms with Crippen molar-refractivity contribution in [1.82, 2.24) is 0 Å². The molecule has 2 atom stereocenters. The molecule has 0 aliphatic rings. The molecule has 0 amide bonds. The minimum absolute atomic E-state index is 0.761. The molecule has 2 N–H and O–H groups in total. The highest BCUT2D eigenvalue weighted by molar-refractivity contribution is 6.06. The fraction of sp³-hybridized carbons (Fsp3) is 0.667. The summed E-state index contributed by atoms with van der Waals surface area (Å²) in [5, 5.41) is 27.5. The molecule has 0 saturated heterocycles. The van der Waals surface area contributed by atoms with E-state index in [1.807, 2.05) is 0 Å². The zero-order chi connectivity index (χ0) is 9.23. The number of aliphatic carboxylic acids is 1. The summed E-state index contributed by atoms with van der Waals surface area (Å²) < 4.78 is 0. The third-order valence-corrected chi connectivity index (χ3v) is 1.26. The molecule has 0 aromatic heterocycles. The van der Waals surface area contributed by atoms with E-state index in [1.54, 1.807) is 0 Å². The van der Waals surface area contributed by atoms with Gasteiger partial charge in [-0.2, -0.15) is 0 Å². The van der Waals surface area contributed by atoms with Crippen LogP contribution in [0.25, 0.3) is 0 Å². The second-order valence-electron chi connectivity index (χ2n) is 2.40. The van der Waals surface area contributed by atoms with Crippen LogP contribution in [0.4, 0.5) is 0 Å². The zero-order valence-electron chi connectivity index (χ0n) is 6.20. The largest absolute Gasteiger partial charge is 0.547 e. The summed E-state index contributed by atoms with van der Waals surface area (Å²) in [6, 6.07) is 0. The number of hydrogen-bond donors (Lipinski definition) is 2. The summed E-state index contributed by atoms with van der Waals surface area (Å²) in [6.45, 7) is 1.83. The maximum Gasteiger partial charge on any atom is 0.197 e. The monoisotopic (exact) mass is 161 g/mol. The van der Waals surface area contributed by atoms with Crippen LogP contribution >= 0.6 is 0 Å². The number of carbonyl (C=O) groups excluding carboxylic acids is 2. The van der Waals surface area contributed by atoms with Gasteiger partial charge in [0, 0.05) is 0 Å². The number of carbonyl (C=O) groups is 2. The first-order valence-electron chi connectivity index (χ1n) is 2.96. The lowest BCUT2D eigenvalue weighted by Gasteiger charge is -2.23. The standard InChI is InChI=1S/C6H10O5/c1-3(7)4(8)6(2,11)5(9)10/h3,7,11H,1-2H3,(H,9,10)/p-1. The number of hydrogen-bond acceptors (Lipinski definition) is 5. The van der Waals surface area contributed by atoms with Crippen molar-refractivity contribution in [2.45, 2.75) is 25.6 Å². The summed E-state index contributed by atoms with van der Waals surface area (Å²) in [7, 11) is 0. The topological polar surface area (TPSA) is 97.7 Å². The number of carboxylic acid groups (broad SMARTS) is 1. The number of aliphatic hydroxyl groups excluding tert-OH is 1. The van der Waals surface area contributed by atoms with E-state index in [-0.39, 0.29) is 0 Å². The number of Topliss-reactive ketones (excluding diaryl/α,β-unsaturated/α-hetero) is 1. The maximum absolute atomic E-state index is 10.7. The molecule has 5 nitrogen and oxygen atoms in total. The molecule has 0 spiro atoms. The first-order chi connectivity index (χ1) is 4.80. The van der Waals surface area contributed by atoms with Crippen molar-refractivity contribution >= 4 is 11.8 Å². The first-order valence-corrected chi connectivity index (χ1v) is 2.96. The van der Waals surface area contributed by atoms with Crippen LogP contribution in [0.5, 0.6) is 0 Å². The van der Waals surface area contributed by atoms with Gasteiger partial charge in [0.05, 0.1) is 5.97 Å². The van der Waals surface area contributed by atoms with Gasteiger partial charge >= 0.3 is 0 Å². The van der Waals surface area contributed by atoms with Crippen LogP contribution in [0.3, 0.4) is 0 Å². The minimum atomic E-state index is -2.60. The van der Waals surface area contributed by atoms with Crippen LogP contribution in [-0.4, -0.2) is 33.7 Å². The fourth-order valence-corrected chi connectivity index (χ4v) is 0.507. The predicted molar refractivity (Wildman–Crippen MR) is 32.3 cm³/mol. The molecule has 0 bridgehead atoms. The van der Waals surface area contributed by atoms with E-state index in [1.165, 1.54) is 0 Å². The van der Waals surface area contributed by atoms with Gasteiger partial charge in [0.2, 0.25) is 0 Å². The van der Waals surface area contributed by atoms with Crippen molar-refractivity contribution in [2.75, 3.05) is 0 Å². The Bertz CT molecular complexity index is 181. The second kappa shape index (κ2) is 2.98. The van der Waals surface area contributed by atoms with E-state index in [4.69, 9.17) is 10.2 Å². The highest BCUT2D eigenvalue weighted by Crippen LogP contribution is 2.06. The molecule has 5 heteroatoms. The summed E-state index contributed by atoms with van der Waals surface area (Å²) in [5.74, 6) is -3.10. The van der Waals surface area contributed by atoms with Crippen molar-refractivity contribution in [3.8, 4) is 0 Å². The zero-order valence-corrected chi connectivity index (χ0v) is 6.20. The maximum atomic E-state index is 10.7. The van der Waals surface area contributed by atoms with E-state index >= 15 is 0 Å². The highest BCUT2D eigenvalue weighted by atomic mass is 16.4. The Morgan fingerprint density at radius 1 is 1.55 bits per heavy atom. The van der Waals surface area contributed by atoms with E-state index in [0.29, 0.717) is 0 Å². The van der Waals surface area contributed by atoms with Crippen molar-refractivity contribution in [2.24, 2.45) is 0 Å². The van der Waals surface area contributed by atoms with Crippen LogP contribution in [-0.2, 0) is 9.59 Å². The number of rotatable bonds is 3. The van der Waals surface area contributed by atoms with Crippen LogP contribution in [0.1, 0.15) is 13.8 Å². The summed E-state index contributed by atoms with van der Waals surface area (Å²) >= 11 is 0. The normalized spacial score (nSPS) is 18.5. The molecule has 64 valence electrons. The Morgan fingerprint density at radius 2 is 1.91 bits per heavy atom. The van der Waals surface area contributed by atoms with Gasteiger partial charge in [-0.3, -0.25) is 4.79 Å². The molecule has 0 fully saturated rings. The van der Waals surface area contributed by atoms with Gasteiger partial charge < -0.3 is 20.1 Å². The molecule has 11 heavy (non-hydrogen) atoms. The number of aliphatic hydroxyl groups is 2. The molecule has 0 aromatic carbocycles. The molecule has 0 rings (SSSR count). The average Bonchev–Trinajstić information content (AvgIpc) is 1.85. The quantitative estimate of drug-likeness (QED) is 0.443. The lowest BCUT2D eigenvalue weighted by atomic mass is 9.98. The van der Waals surface area contributed by atoms with Crippen molar-refractivity contribution in [3.05, 3.63) is 0 Å². The van der Waals surface area contributed by atoms with Gasteiger partial charge in [-0.15, -0.1) is 0 Å². The Hall–Kier alpha value is -0.940. The minimum Gasteiger partial charge on any atom is -0.547 e. The molecule has 2 unspecified atom stereocenters. The molecule has 0 aliphatic heterocycles. The molecule has 0 radical (unpaired) electrons. The Labute approximate surface area is 63.3 Å². The van der Waals surface area contributed by atoms with Gasteiger partial charge in [-0.05, 0) is 13.8 Å². The third kappa shape index (κ3) is 1.99. The van der Waals surface area contributed by atoms with E-state index in [9.17, 15) is 14.7 Å². The summed E-state index contributed by atoms with van der Waals surface area (Å²) in [5.41, 5.74) is -2.60. The van der Waals surface area contributed by atoms with Gasteiger partial charge in [-0.1, -0.05) is 0 Å². The Kier molecular flexibility index (Phi) is 2.72. The van der Waals surface area contributed by atoms with Gasteiger partial charge in [0.1, 0.15) is 6.10 Å².